The van der Waals surface area contributed by atoms with E-state index >= 15 is 0 Å². The van der Waals surface area contributed by atoms with Gasteiger partial charge in [0.1, 0.15) is 11.6 Å². The van der Waals surface area contributed by atoms with Crippen molar-refractivity contribution in [2.75, 3.05) is 33.3 Å². The van der Waals surface area contributed by atoms with Crippen LogP contribution in [0.3, 0.4) is 0 Å². The Bertz CT molecular complexity index is 1130. The summed E-state index contributed by atoms with van der Waals surface area (Å²) in [4.78, 5) is 0.178. The number of rotatable bonds is 5. The van der Waals surface area contributed by atoms with Crippen LogP contribution in [0.4, 0.5) is 4.39 Å². The second-order valence-corrected chi connectivity index (χ2v) is 11.0. The highest BCUT2D eigenvalue weighted by atomic mass is 32.2. The molecule has 0 spiro atoms. The molecule has 2 aromatic carbocycles. The summed E-state index contributed by atoms with van der Waals surface area (Å²) in [5.74, 6) is 0.0890. The van der Waals surface area contributed by atoms with Gasteiger partial charge in [0.25, 0.3) is 0 Å². The molecule has 0 atom stereocenters. The van der Waals surface area contributed by atoms with Crippen LogP contribution in [0.15, 0.2) is 46.2 Å². The summed E-state index contributed by atoms with van der Waals surface area (Å²) in [6.45, 7) is 3.93. The standard InChI is InChI=1S/C20H25FN2O5S2/c1-15-14-20(16(2)13-19(15)28-3)30(26,27)23-10-4-9-22(11-12-23)29(24,25)18-7-5-17(21)6-8-18/h5-8,13-14H,4,9-12H2,1-3H3. The number of sulfonamides is 2. The number of nitrogens with zero attached hydrogens (tertiary/aromatic N) is 2. The van der Waals surface area contributed by atoms with Gasteiger partial charge in [-0.1, -0.05) is 0 Å². The van der Waals surface area contributed by atoms with E-state index in [-0.39, 0.29) is 36.0 Å². The van der Waals surface area contributed by atoms with Crippen LogP contribution < -0.4 is 4.74 Å². The third-order valence-electron chi connectivity index (χ3n) is 5.18. The van der Waals surface area contributed by atoms with Crippen molar-refractivity contribution >= 4 is 20.0 Å². The second kappa shape index (κ2) is 8.62. The molecule has 0 N–H and O–H groups in total. The van der Waals surface area contributed by atoms with E-state index in [1.54, 1.807) is 26.0 Å². The number of halogens is 1. The number of hydrogen-bond donors (Lipinski definition) is 0. The first kappa shape index (κ1) is 22.7. The minimum Gasteiger partial charge on any atom is -0.496 e. The van der Waals surface area contributed by atoms with Crippen LogP contribution in [0.25, 0.3) is 0 Å². The van der Waals surface area contributed by atoms with E-state index in [4.69, 9.17) is 4.74 Å². The van der Waals surface area contributed by atoms with E-state index in [2.05, 4.69) is 0 Å². The van der Waals surface area contributed by atoms with Gasteiger partial charge < -0.3 is 4.74 Å². The van der Waals surface area contributed by atoms with E-state index in [9.17, 15) is 21.2 Å². The first-order valence-corrected chi connectivity index (χ1v) is 12.4. The largest absolute Gasteiger partial charge is 0.496 e. The lowest BCUT2D eigenvalue weighted by atomic mass is 10.1. The summed E-state index contributed by atoms with van der Waals surface area (Å²) in [6.07, 6.45) is 0.355. The number of ether oxygens (including phenoxy) is 1. The van der Waals surface area contributed by atoms with Crippen molar-refractivity contribution in [2.45, 2.75) is 30.1 Å². The Labute approximate surface area is 177 Å². The molecular formula is C20H25FN2O5S2. The summed E-state index contributed by atoms with van der Waals surface area (Å²) in [5.41, 5.74) is 1.27. The zero-order chi connectivity index (χ0) is 22.1. The van der Waals surface area contributed by atoms with Crippen molar-refractivity contribution in [1.82, 2.24) is 8.61 Å². The summed E-state index contributed by atoms with van der Waals surface area (Å²) in [7, 11) is -6.10. The van der Waals surface area contributed by atoms with Crippen molar-refractivity contribution in [3.05, 3.63) is 53.3 Å². The minimum atomic E-state index is -3.83. The van der Waals surface area contributed by atoms with Gasteiger partial charge in [0.05, 0.1) is 16.9 Å². The van der Waals surface area contributed by atoms with Gasteiger partial charge in [-0.3, -0.25) is 0 Å². The van der Waals surface area contributed by atoms with Gasteiger partial charge in [0.15, 0.2) is 0 Å². The van der Waals surface area contributed by atoms with Crippen LogP contribution in [-0.4, -0.2) is 58.7 Å². The fraction of sp³-hybridized carbons (Fsp3) is 0.400. The SMILES string of the molecule is COc1cc(C)c(S(=O)(=O)N2CCCN(S(=O)(=O)c3ccc(F)cc3)CC2)cc1C. The van der Waals surface area contributed by atoms with Crippen LogP contribution in [0.1, 0.15) is 17.5 Å². The molecule has 1 aliphatic heterocycles. The van der Waals surface area contributed by atoms with E-state index in [0.717, 1.165) is 12.1 Å². The Balaban J connectivity index is 1.84. The molecule has 0 unspecified atom stereocenters. The first-order chi connectivity index (χ1) is 14.1. The predicted octanol–water partition coefficient (Wildman–Crippen LogP) is 2.54. The Morgan fingerprint density at radius 3 is 1.97 bits per heavy atom. The third-order valence-corrected chi connectivity index (χ3v) is 9.13. The Morgan fingerprint density at radius 2 is 1.40 bits per heavy atom. The van der Waals surface area contributed by atoms with Crippen LogP contribution in [0.2, 0.25) is 0 Å². The molecule has 1 aliphatic rings. The van der Waals surface area contributed by atoms with Crippen LogP contribution >= 0.6 is 0 Å². The number of hydrogen-bond acceptors (Lipinski definition) is 5. The van der Waals surface area contributed by atoms with Crippen molar-refractivity contribution in [3.8, 4) is 5.75 Å². The molecule has 1 fully saturated rings. The van der Waals surface area contributed by atoms with Gasteiger partial charge in [-0.15, -0.1) is 0 Å². The van der Waals surface area contributed by atoms with E-state index in [1.165, 1.54) is 27.9 Å². The quantitative estimate of drug-likeness (QED) is 0.690. The van der Waals surface area contributed by atoms with Gasteiger partial charge in [0, 0.05) is 26.2 Å². The number of benzene rings is 2. The van der Waals surface area contributed by atoms with Gasteiger partial charge in [0.2, 0.25) is 20.0 Å². The minimum absolute atomic E-state index is 0.0122. The monoisotopic (exact) mass is 456 g/mol. The molecule has 164 valence electrons. The fourth-order valence-corrected chi connectivity index (χ4v) is 6.74. The normalized spacial score (nSPS) is 16.9. The molecular weight excluding hydrogens is 431 g/mol. The zero-order valence-electron chi connectivity index (χ0n) is 17.1. The Kier molecular flexibility index (Phi) is 6.51. The van der Waals surface area contributed by atoms with Gasteiger partial charge in [-0.05, 0) is 67.8 Å². The predicted molar refractivity (Wildman–Crippen MR) is 111 cm³/mol. The molecule has 0 radical (unpaired) electrons. The van der Waals surface area contributed by atoms with Gasteiger partial charge >= 0.3 is 0 Å². The Morgan fingerprint density at radius 1 is 0.833 bits per heavy atom. The lowest BCUT2D eigenvalue weighted by molar-refractivity contribution is 0.403. The summed E-state index contributed by atoms with van der Waals surface area (Å²) in [5, 5.41) is 0. The molecule has 0 bridgehead atoms. The molecule has 7 nitrogen and oxygen atoms in total. The van der Waals surface area contributed by atoms with Crippen LogP contribution in [-0.2, 0) is 20.0 Å². The van der Waals surface area contributed by atoms with Gasteiger partial charge in [-0.25, -0.2) is 21.2 Å². The zero-order valence-corrected chi connectivity index (χ0v) is 18.8. The lowest BCUT2D eigenvalue weighted by Gasteiger charge is -2.23. The topological polar surface area (TPSA) is 84.0 Å². The molecule has 0 aliphatic carbocycles. The van der Waals surface area contributed by atoms with Crippen LogP contribution in [0, 0.1) is 19.7 Å². The van der Waals surface area contributed by atoms with Gasteiger partial charge in [-0.2, -0.15) is 8.61 Å². The van der Waals surface area contributed by atoms with E-state index in [1.807, 2.05) is 0 Å². The second-order valence-electron chi connectivity index (χ2n) is 7.20. The first-order valence-electron chi connectivity index (χ1n) is 9.48. The molecule has 0 aromatic heterocycles. The number of methoxy groups -OCH3 is 1. The van der Waals surface area contributed by atoms with E-state index < -0.39 is 25.9 Å². The lowest BCUT2D eigenvalue weighted by Crippen LogP contribution is -2.37. The third kappa shape index (κ3) is 4.36. The molecule has 1 heterocycles. The molecule has 10 heteroatoms. The smallest absolute Gasteiger partial charge is 0.243 e. The van der Waals surface area contributed by atoms with E-state index in [0.29, 0.717) is 23.3 Å². The molecule has 30 heavy (non-hydrogen) atoms. The summed E-state index contributed by atoms with van der Waals surface area (Å²) in [6, 6.07) is 7.89. The highest BCUT2D eigenvalue weighted by Crippen LogP contribution is 2.28. The Hall–Kier alpha value is -2.01. The highest BCUT2D eigenvalue weighted by molar-refractivity contribution is 7.89. The highest BCUT2D eigenvalue weighted by Gasteiger charge is 2.32. The van der Waals surface area contributed by atoms with Crippen LogP contribution in [0.5, 0.6) is 5.75 Å². The number of aryl methyl sites for hydroxylation is 2. The maximum absolute atomic E-state index is 13.3. The molecule has 3 rings (SSSR count). The molecule has 2 aromatic rings. The maximum atomic E-state index is 13.3. The fourth-order valence-electron chi connectivity index (χ4n) is 3.51. The maximum Gasteiger partial charge on any atom is 0.243 e. The molecule has 0 amide bonds. The average molecular weight is 457 g/mol. The summed E-state index contributed by atoms with van der Waals surface area (Å²) >= 11 is 0. The van der Waals surface area contributed by atoms with Crippen molar-refractivity contribution in [3.63, 3.8) is 0 Å². The van der Waals surface area contributed by atoms with Crippen molar-refractivity contribution in [1.29, 1.82) is 0 Å². The summed E-state index contributed by atoms with van der Waals surface area (Å²) < 4.78 is 73.2. The van der Waals surface area contributed by atoms with Crippen molar-refractivity contribution < 1.29 is 26.0 Å². The van der Waals surface area contributed by atoms with Crippen molar-refractivity contribution in [2.24, 2.45) is 0 Å². The molecule has 0 saturated carbocycles. The average Bonchev–Trinajstić information content (AvgIpc) is 2.97. The molecule has 1 saturated heterocycles.